The normalized spacial score (nSPS) is 13.3. The Balaban J connectivity index is 1.55. The number of hydrogen-bond acceptors (Lipinski definition) is 5. The number of nitrogens with zero attached hydrogens (tertiary/aromatic N) is 3. The predicted molar refractivity (Wildman–Crippen MR) is 136 cm³/mol. The summed E-state index contributed by atoms with van der Waals surface area (Å²) in [5.41, 5.74) is 4.39. The smallest absolute Gasteiger partial charge is 0.250 e. The van der Waals surface area contributed by atoms with Crippen molar-refractivity contribution in [1.29, 1.82) is 0 Å². The molecule has 1 heterocycles. The van der Waals surface area contributed by atoms with Crippen LogP contribution in [-0.2, 0) is 22.7 Å². The highest BCUT2D eigenvalue weighted by Gasteiger charge is 2.25. The van der Waals surface area contributed by atoms with E-state index in [-0.39, 0.29) is 24.9 Å². The number of rotatable bonds is 10. The van der Waals surface area contributed by atoms with E-state index in [0.29, 0.717) is 19.1 Å². The maximum Gasteiger partial charge on any atom is 0.250 e. The van der Waals surface area contributed by atoms with Crippen LogP contribution in [0.15, 0.2) is 46.9 Å². The number of carbonyl (C=O) groups excluding carboxylic acids is 2. The van der Waals surface area contributed by atoms with Gasteiger partial charge in [-0.15, -0.1) is 0 Å². The van der Waals surface area contributed by atoms with Gasteiger partial charge in [0.05, 0.1) is 13.1 Å². The van der Waals surface area contributed by atoms with Gasteiger partial charge in [0.2, 0.25) is 5.91 Å². The minimum absolute atomic E-state index is 0.0641. The van der Waals surface area contributed by atoms with Crippen LogP contribution < -0.4 is 15.5 Å². The van der Waals surface area contributed by atoms with E-state index in [0.717, 1.165) is 28.8 Å². The molecule has 2 N–H and O–H groups in total. The molecule has 0 bridgehead atoms. The SMILES string of the molecule is Cc1ccc(Br)cc1N(CCNC(C)C)C(=O)CNCC(=O)N(C)N1Cc2ccccc2C1. The third-order valence-electron chi connectivity index (χ3n) is 5.81. The topological polar surface area (TPSA) is 67.9 Å². The van der Waals surface area contributed by atoms with Crippen LogP contribution in [0.2, 0.25) is 0 Å². The Morgan fingerprint density at radius 3 is 2.33 bits per heavy atom. The van der Waals surface area contributed by atoms with Gasteiger partial charge in [0.1, 0.15) is 0 Å². The maximum absolute atomic E-state index is 13.1. The largest absolute Gasteiger partial charge is 0.313 e. The van der Waals surface area contributed by atoms with E-state index in [1.54, 1.807) is 17.0 Å². The van der Waals surface area contributed by atoms with E-state index in [4.69, 9.17) is 0 Å². The summed E-state index contributed by atoms with van der Waals surface area (Å²) in [6.07, 6.45) is 0. The van der Waals surface area contributed by atoms with Crippen LogP contribution in [0, 0.1) is 6.92 Å². The molecule has 2 amide bonds. The lowest BCUT2D eigenvalue weighted by molar-refractivity contribution is -0.145. The Hall–Kier alpha value is -2.26. The number of benzene rings is 2. The summed E-state index contributed by atoms with van der Waals surface area (Å²) in [6.45, 7) is 9.03. The zero-order valence-electron chi connectivity index (χ0n) is 19.9. The number of carbonyl (C=O) groups is 2. The van der Waals surface area contributed by atoms with Crippen molar-refractivity contribution in [2.24, 2.45) is 0 Å². The summed E-state index contributed by atoms with van der Waals surface area (Å²) in [5, 5.41) is 10.1. The number of likely N-dealkylation sites (N-methyl/N-ethyl adjacent to an activating group) is 1. The monoisotopic (exact) mass is 515 g/mol. The average Bonchev–Trinajstić information content (AvgIpc) is 3.22. The fourth-order valence-corrected chi connectivity index (χ4v) is 4.24. The predicted octanol–water partition coefficient (Wildman–Crippen LogP) is 3.07. The number of fused-ring (bicyclic) bond motifs is 1. The van der Waals surface area contributed by atoms with Gasteiger partial charge in [-0.1, -0.05) is 60.1 Å². The molecule has 7 nitrogen and oxygen atoms in total. The third kappa shape index (κ3) is 6.86. The van der Waals surface area contributed by atoms with Crippen molar-refractivity contribution in [2.75, 3.05) is 38.1 Å². The molecule has 178 valence electrons. The van der Waals surface area contributed by atoms with Crippen LogP contribution in [-0.4, -0.2) is 61.1 Å². The first-order valence-electron chi connectivity index (χ1n) is 11.3. The van der Waals surface area contributed by atoms with Gasteiger partial charge in [0.15, 0.2) is 0 Å². The fraction of sp³-hybridized carbons (Fsp3) is 0.440. The molecule has 0 saturated heterocycles. The summed E-state index contributed by atoms with van der Waals surface area (Å²) in [4.78, 5) is 27.6. The quantitative estimate of drug-likeness (QED) is 0.508. The first-order valence-corrected chi connectivity index (χ1v) is 12.1. The van der Waals surface area contributed by atoms with E-state index in [1.807, 2.05) is 42.3 Å². The van der Waals surface area contributed by atoms with Crippen molar-refractivity contribution in [3.63, 3.8) is 0 Å². The number of hydrazine groups is 1. The maximum atomic E-state index is 13.1. The van der Waals surface area contributed by atoms with Crippen molar-refractivity contribution in [3.8, 4) is 0 Å². The summed E-state index contributed by atoms with van der Waals surface area (Å²) in [5.74, 6) is -0.131. The number of hydrogen-bond donors (Lipinski definition) is 2. The van der Waals surface area contributed by atoms with E-state index >= 15 is 0 Å². The fourth-order valence-electron chi connectivity index (χ4n) is 3.89. The number of anilines is 1. The molecule has 2 aromatic rings. The highest BCUT2D eigenvalue weighted by atomic mass is 79.9. The number of aryl methyl sites for hydroxylation is 1. The van der Waals surface area contributed by atoms with E-state index < -0.39 is 0 Å². The Labute approximate surface area is 205 Å². The Morgan fingerprint density at radius 1 is 1.06 bits per heavy atom. The molecule has 3 rings (SSSR count). The van der Waals surface area contributed by atoms with E-state index in [1.165, 1.54) is 11.1 Å². The molecule has 0 aromatic heterocycles. The second-order valence-corrected chi connectivity index (χ2v) is 9.61. The molecular formula is C25H34BrN5O2. The van der Waals surface area contributed by atoms with Gasteiger partial charge in [-0.05, 0) is 35.7 Å². The van der Waals surface area contributed by atoms with Gasteiger partial charge in [0, 0.05) is 49.4 Å². The van der Waals surface area contributed by atoms with Gasteiger partial charge in [-0.3, -0.25) is 19.9 Å². The van der Waals surface area contributed by atoms with Crippen molar-refractivity contribution >= 4 is 33.4 Å². The zero-order chi connectivity index (χ0) is 24.0. The first-order chi connectivity index (χ1) is 15.8. The molecule has 0 spiro atoms. The van der Waals surface area contributed by atoms with Crippen LogP contribution in [0.3, 0.4) is 0 Å². The second kappa shape index (κ2) is 11.7. The van der Waals surface area contributed by atoms with Crippen molar-refractivity contribution in [1.82, 2.24) is 20.7 Å². The molecular weight excluding hydrogens is 482 g/mol. The van der Waals surface area contributed by atoms with E-state index in [2.05, 4.69) is 52.5 Å². The van der Waals surface area contributed by atoms with Gasteiger partial charge < -0.3 is 10.2 Å². The Kier molecular flexibility index (Phi) is 9.02. The van der Waals surface area contributed by atoms with Crippen LogP contribution in [0.1, 0.15) is 30.5 Å². The molecule has 0 saturated carbocycles. The third-order valence-corrected chi connectivity index (χ3v) is 6.31. The van der Waals surface area contributed by atoms with Gasteiger partial charge in [-0.2, -0.15) is 0 Å². The van der Waals surface area contributed by atoms with Crippen LogP contribution in [0.25, 0.3) is 0 Å². The van der Waals surface area contributed by atoms with Crippen molar-refractivity contribution in [3.05, 3.63) is 63.6 Å². The lowest BCUT2D eigenvalue weighted by atomic mass is 10.1. The minimum Gasteiger partial charge on any atom is -0.313 e. The van der Waals surface area contributed by atoms with Gasteiger partial charge >= 0.3 is 0 Å². The summed E-state index contributed by atoms with van der Waals surface area (Å²) < 4.78 is 0.925. The molecule has 1 aliphatic heterocycles. The van der Waals surface area contributed by atoms with Crippen LogP contribution in [0.5, 0.6) is 0 Å². The summed E-state index contributed by atoms with van der Waals surface area (Å²) in [6, 6.07) is 14.5. The zero-order valence-corrected chi connectivity index (χ0v) is 21.5. The highest BCUT2D eigenvalue weighted by molar-refractivity contribution is 9.10. The molecule has 33 heavy (non-hydrogen) atoms. The number of amides is 2. The van der Waals surface area contributed by atoms with Gasteiger partial charge in [-0.25, -0.2) is 5.01 Å². The van der Waals surface area contributed by atoms with Crippen molar-refractivity contribution in [2.45, 2.75) is 39.9 Å². The highest BCUT2D eigenvalue weighted by Crippen LogP contribution is 2.25. The van der Waals surface area contributed by atoms with Crippen LogP contribution >= 0.6 is 15.9 Å². The molecule has 0 unspecified atom stereocenters. The Bertz CT molecular complexity index is 956. The van der Waals surface area contributed by atoms with E-state index in [9.17, 15) is 9.59 Å². The molecule has 1 aliphatic rings. The van der Waals surface area contributed by atoms with Gasteiger partial charge in [0.25, 0.3) is 5.91 Å². The molecule has 2 aromatic carbocycles. The molecule has 8 heteroatoms. The number of nitrogens with one attached hydrogen (secondary N) is 2. The first kappa shape index (κ1) is 25.4. The lowest BCUT2D eigenvalue weighted by Gasteiger charge is -2.28. The lowest BCUT2D eigenvalue weighted by Crippen LogP contribution is -2.47. The van der Waals surface area contributed by atoms with Crippen molar-refractivity contribution < 1.29 is 9.59 Å². The molecule has 0 aliphatic carbocycles. The molecule has 0 atom stereocenters. The summed E-state index contributed by atoms with van der Waals surface area (Å²) >= 11 is 3.51. The average molecular weight is 516 g/mol. The number of halogens is 1. The standard InChI is InChI=1S/C25H34BrN5O2/c1-18(2)28-11-12-31(23-13-22(26)10-9-19(23)3)25(33)15-27-14-24(32)29(4)30-16-20-7-5-6-8-21(20)17-30/h5-10,13,18,27-28H,11-12,14-17H2,1-4H3. The Morgan fingerprint density at radius 2 is 1.70 bits per heavy atom. The van der Waals surface area contributed by atoms with Crippen LogP contribution in [0.4, 0.5) is 5.69 Å². The second-order valence-electron chi connectivity index (χ2n) is 8.70. The minimum atomic E-state index is -0.0673. The summed E-state index contributed by atoms with van der Waals surface area (Å²) in [7, 11) is 1.78. The molecule has 0 fully saturated rings. The molecule has 0 radical (unpaired) electrons.